The lowest BCUT2D eigenvalue weighted by Gasteiger charge is -2.39. The van der Waals surface area contributed by atoms with Gasteiger partial charge in [-0.1, -0.05) is 67.6 Å². The van der Waals surface area contributed by atoms with Crippen LogP contribution in [0.3, 0.4) is 0 Å². The number of halogens is 4. The number of hydrogen-bond acceptors (Lipinski definition) is 20. The number of amides is 3. The first-order chi connectivity index (χ1) is 66.9. The maximum absolute atomic E-state index is 14.9. The molecule has 5 aromatic carbocycles. The van der Waals surface area contributed by atoms with Gasteiger partial charge in [-0.05, 0) is 274 Å². The van der Waals surface area contributed by atoms with Crippen LogP contribution in [0.25, 0.3) is 78.7 Å². The number of likely N-dealkylation sites (tertiary alicyclic amines) is 2. The number of morpholine rings is 1. The van der Waals surface area contributed by atoms with E-state index in [4.69, 9.17) is 24.1 Å². The van der Waals surface area contributed by atoms with Crippen LogP contribution in [-0.2, 0) is 37.9 Å². The molecule has 752 valence electrons. The van der Waals surface area contributed by atoms with Crippen LogP contribution in [0.4, 0.5) is 17.3 Å². The fourth-order valence-electron chi connectivity index (χ4n) is 21.6. The number of carboxylic acid groups (broad SMARTS) is 1. The highest BCUT2D eigenvalue weighted by molar-refractivity contribution is 7.90. The number of aromatic nitrogens is 9. The van der Waals surface area contributed by atoms with Crippen LogP contribution >= 0.6 is 0 Å². The second-order valence-electron chi connectivity index (χ2n) is 40.0. The number of methoxy groups -OCH3 is 2. The number of piperazine rings is 2. The predicted octanol–water partition coefficient (Wildman–Crippen LogP) is 15.6. The number of ether oxygens (including phenoxy) is 3. The first kappa shape index (κ1) is 102. The number of sulfonamides is 2. The Morgan fingerprint density at radius 1 is 0.543 bits per heavy atom. The van der Waals surface area contributed by atoms with Crippen LogP contribution in [-0.4, -0.2) is 283 Å². The van der Waals surface area contributed by atoms with E-state index in [-0.39, 0.29) is 46.8 Å². The minimum absolute atomic E-state index is 0.0583. The van der Waals surface area contributed by atoms with E-state index < -0.39 is 55.6 Å². The van der Waals surface area contributed by atoms with Gasteiger partial charge in [0.15, 0.2) is 0 Å². The Hall–Kier alpha value is -11.3. The minimum Gasteiger partial charge on any atom is -0.497 e. The molecule has 4 saturated carbocycles. The number of carboxylic acids is 1. The largest absolute Gasteiger partial charge is 0.673 e. The number of carbonyl (C=O) groups is 4. The number of hydrogen-bond donors (Lipinski definition) is 4. The number of benzene rings is 5. The van der Waals surface area contributed by atoms with Crippen LogP contribution in [0, 0.1) is 0 Å². The lowest BCUT2D eigenvalue weighted by molar-refractivity contribution is -0.480. The highest BCUT2D eigenvalue weighted by Gasteiger charge is 2.45. The summed E-state index contributed by atoms with van der Waals surface area (Å²) in [4.78, 5) is 72.6. The van der Waals surface area contributed by atoms with Gasteiger partial charge in [-0.2, -0.15) is 10.2 Å². The first-order valence-electron chi connectivity index (χ1n) is 49.3. The molecule has 4 N–H and O–H groups in total. The number of fused-ring (bicyclic) bond motifs is 15. The molecule has 38 heteroatoms. The van der Waals surface area contributed by atoms with Gasteiger partial charge in [0.05, 0.1) is 132 Å². The molecule has 21 rings (SSSR count). The van der Waals surface area contributed by atoms with Crippen molar-refractivity contribution in [3.63, 3.8) is 0 Å². The molecule has 12 heterocycles. The SMILES string of the molecule is CN(C)C(On1nnc2ccccc21)=[N+](C)C.CN1CC2CCC(C1)N2.CN1CCOCC1.COc1ccc2c(c1)C=C(c1c(C(=O)N3C4CCC3CN(C)C4)cnn1C1CCC1)Cn1c-2c(C2CCCCC2)c2ccc(C(=O)NS(=O)(=O)C(C)C)cc21.COc1ccc2c(c1)C=C(c1c(C(=O)O)cnn1C1CCC1)Cn1c-2c(C2CCCCC2)c2ccc(C(=O)NS(=O)(=O)C(C)C)cc21.F[B-](F)(F)F. The van der Waals surface area contributed by atoms with Gasteiger partial charge in [0, 0.05) is 107 Å². The number of nitrogens with one attached hydrogen (secondary N) is 3. The molecule has 31 nitrogen and oxygen atoms in total. The number of likely N-dealkylation sites (N-methyl/N-ethyl adjacent to an activating group) is 3. The molecule has 0 spiro atoms. The molecule has 140 heavy (non-hydrogen) atoms. The summed E-state index contributed by atoms with van der Waals surface area (Å²) in [6.07, 6.45) is 29.7. The van der Waals surface area contributed by atoms with Crippen LogP contribution in [0.5, 0.6) is 11.5 Å². The molecule has 4 aliphatic carbocycles. The second kappa shape index (κ2) is 43.3. The van der Waals surface area contributed by atoms with Crippen LogP contribution < -0.4 is 29.1 Å². The van der Waals surface area contributed by atoms with Gasteiger partial charge in [0.25, 0.3) is 17.7 Å². The van der Waals surface area contributed by atoms with E-state index in [0.717, 1.165) is 243 Å². The first-order valence-corrected chi connectivity index (χ1v) is 52.4. The van der Waals surface area contributed by atoms with Crippen molar-refractivity contribution in [2.45, 2.75) is 228 Å². The van der Waals surface area contributed by atoms with Gasteiger partial charge in [-0.15, -0.1) is 5.10 Å². The van der Waals surface area contributed by atoms with Crippen LogP contribution in [0.2, 0.25) is 0 Å². The van der Waals surface area contributed by atoms with Crippen molar-refractivity contribution in [3.05, 3.63) is 165 Å². The number of aromatic carboxylic acids is 1. The molecule has 9 fully saturated rings. The molecule has 7 aliphatic heterocycles. The Kier molecular flexibility index (Phi) is 31.4. The van der Waals surface area contributed by atoms with Gasteiger partial charge >= 0.3 is 19.2 Å². The molecule has 5 aromatic heterocycles. The van der Waals surface area contributed by atoms with Crippen molar-refractivity contribution in [2.24, 2.45) is 0 Å². The zero-order chi connectivity index (χ0) is 99.5. The number of carbonyl (C=O) groups excluding carboxylic acids is 3. The van der Waals surface area contributed by atoms with Crippen molar-refractivity contribution in [1.82, 2.24) is 83.1 Å². The molecular formula is C102H133BF4N18O13S2. The Morgan fingerprint density at radius 2 is 0.993 bits per heavy atom. The Morgan fingerprint density at radius 3 is 1.41 bits per heavy atom. The lowest BCUT2D eigenvalue weighted by atomic mass is 9.81. The van der Waals surface area contributed by atoms with E-state index in [1.165, 1.54) is 74.8 Å². The average Bonchev–Trinajstić information content (AvgIpc) is 1.57. The Labute approximate surface area is 816 Å². The maximum Gasteiger partial charge on any atom is 0.673 e. The molecular weight excluding hydrogens is 1840 g/mol. The molecule has 0 radical (unpaired) electrons. The van der Waals surface area contributed by atoms with Crippen molar-refractivity contribution < 1.29 is 82.0 Å². The third-order valence-corrected chi connectivity index (χ3v) is 32.5. The molecule has 11 aliphatic rings. The van der Waals surface area contributed by atoms with Crippen molar-refractivity contribution in [2.75, 3.05) is 116 Å². The summed E-state index contributed by atoms with van der Waals surface area (Å²) in [5.41, 5.74) is 16.5. The van der Waals surface area contributed by atoms with E-state index in [2.05, 4.69) is 115 Å². The van der Waals surface area contributed by atoms with E-state index >= 15 is 0 Å². The topological polar surface area (TPSA) is 325 Å². The molecule has 4 atom stereocenters. The third-order valence-electron chi connectivity index (χ3n) is 29.1. The molecule has 4 unspecified atom stereocenters. The standard InChI is InChI=1S/C43H52N6O5S.C36H40N4O6S.C11H16N5O.C7H14N2.C5H11NO.BF4/c1-26(2)55(52,53)45-42(50)28-13-17-36-38(21-28)47-23-30(19-29-20-34(54-4)16-18-35(29)41(47)39(36)27-9-6-5-7-10-27)40-37(22-44-49(40)31-11-8-12-31)43(51)48-32-14-15-33(48)25-46(3)24-32;1-21(2)47(44,45)38-35(41)23-12-14-29-31(18-23)39-20-25(33-30(36(42)43)19-37-40(33)26-10-7-11-26)16-24-17-27(46-3)13-15-28(24)34(39)32(29)22-8-5-4-6-9-22;1-14(2)11(15(3)4)17-16-10-8-6-5-7-9(10)12-13-16;1-9-4-6-2-3-7(5-9)8-6;1-6-2-4-7-5-3-6;2-1(3,4)5/h13,16-22,26-27,31-33H,5-12,14-15,23-25H2,1-4H3,(H,45,50);12-19,21-22,26H,4-11,20H2,1-3H3,(H,38,41)(H,42,43);5-8H,1-4H3;6-8H,2-5H2,1H3;2-5H2,1H3;/q;;+1;;;-1. The third kappa shape index (κ3) is 22.4. The van der Waals surface area contributed by atoms with Crippen molar-refractivity contribution in [3.8, 4) is 34.0 Å². The fraction of sp³-hybridized carbons (Fsp3) is 0.520. The summed E-state index contributed by atoms with van der Waals surface area (Å²) in [7, 11) is 3.77. The number of rotatable bonds is 17. The van der Waals surface area contributed by atoms with Crippen LogP contribution in [0.15, 0.2) is 109 Å². The van der Waals surface area contributed by atoms with Crippen LogP contribution in [0.1, 0.15) is 255 Å². The smallest absolute Gasteiger partial charge is 0.497 e. The molecule has 4 bridgehead atoms. The van der Waals surface area contributed by atoms with Gasteiger partial charge < -0.3 is 70.6 Å². The lowest BCUT2D eigenvalue weighted by Crippen LogP contribution is -2.54. The summed E-state index contributed by atoms with van der Waals surface area (Å²) in [6.45, 7) is 15.3. The second-order valence-corrected chi connectivity index (χ2v) is 44.5. The van der Waals surface area contributed by atoms with Gasteiger partial charge in [0.1, 0.15) is 28.1 Å². The highest BCUT2D eigenvalue weighted by Crippen LogP contribution is 2.52. The van der Waals surface area contributed by atoms with Crippen molar-refractivity contribution in [1.29, 1.82) is 0 Å². The van der Waals surface area contributed by atoms with Crippen molar-refractivity contribution >= 4 is 113 Å². The predicted molar refractivity (Wildman–Crippen MR) is 537 cm³/mol. The zero-order valence-electron chi connectivity index (χ0n) is 82.5. The van der Waals surface area contributed by atoms with Gasteiger partial charge in [-0.25, -0.2) is 40.5 Å². The summed E-state index contributed by atoms with van der Waals surface area (Å²) >= 11 is 0. The monoisotopic (exact) mass is 1970 g/mol. The average molecular weight is 1970 g/mol. The molecule has 3 amide bonds. The van der Waals surface area contributed by atoms with Gasteiger partial charge in [0.2, 0.25) is 20.0 Å². The number of allylic oxidation sites excluding steroid dienone is 2. The normalized spacial score (nSPS) is 20.1. The number of nitrogens with zero attached hydrogens (tertiary/aromatic N) is 15. The van der Waals surface area contributed by atoms with E-state index in [1.54, 1.807) is 46.3 Å². The highest BCUT2D eigenvalue weighted by atomic mass is 32.2. The fourth-order valence-corrected chi connectivity index (χ4v) is 22.8. The minimum atomic E-state index is -6.00. The summed E-state index contributed by atoms with van der Waals surface area (Å²) in [5.74, 6) is -0.222. The van der Waals surface area contributed by atoms with E-state index in [9.17, 15) is 58.4 Å². The molecule has 5 saturated heterocycles. The summed E-state index contributed by atoms with van der Waals surface area (Å²) in [5, 5.41) is 32.0. The summed E-state index contributed by atoms with van der Waals surface area (Å²) in [6, 6.07) is 34.0. The molecule has 10 aromatic rings. The summed E-state index contributed by atoms with van der Waals surface area (Å²) < 4.78 is 121. The number of para-hydroxylation sites is 1. The zero-order valence-corrected chi connectivity index (χ0v) is 84.1. The Bertz CT molecular complexity index is 6540. The Balaban J connectivity index is 0.000000147. The number of amidine groups is 1. The van der Waals surface area contributed by atoms with E-state index in [1.807, 2.05) is 109 Å². The maximum atomic E-state index is 14.9. The van der Waals surface area contributed by atoms with Gasteiger partial charge in [-0.3, -0.25) is 28.6 Å². The van der Waals surface area contributed by atoms with E-state index in [0.29, 0.717) is 48.0 Å². The quantitative estimate of drug-likeness (QED) is 0.0216.